The van der Waals surface area contributed by atoms with Gasteiger partial charge in [0.05, 0.1) is 24.3 Å². The fourth-order valence-electron chi connectivity index (χ4n) is 1.76. The van der Waals surface area contributed by atoms with Crippen molar-refractivity contribution in [1.29, 1.82) is 0 Å². The van der Waals surface area contributed by atoms with E-state index < -0.39 is 17.9 Å². The molecule has 0 aliphatic heterocycles. The van der Waals surface area contributed by atoms with E-state index in [4.69, 9.17) is 10.5 Å². The van der Waals surface area contributed by atoms with Crippen LogP contribution >= 0.6 is 0 Å². The first kappa shape index (κ1) is 14.7. The van der Waals surface area contributed by atoms with E-state index in [0.29, 0.717) is 5.69 Å². The molecule has 7 nitrogen and oxygen atoms in total. The molecular weight excluding hydrogens is 272 g/mol. The second-order valence-electron chi connectivity index (χ2n) is 4.21. The zero-order valence-corrected chi connectivity index (χ0v) is 11.5. The van der Waals surface area contributed by atoms with Gasteiger partial charge in [-0.3, -0.25) is 4.79 Å². The molecule has 0 aliphatic carbocycles. The van der Waals surface area contributed by atoms with Crippen molar-refractivity contribution in [2.45, 2.75) is 13.0 Å². The Balaban J connectivity index is 2.17. The minimum Gasteiger partial charge on any atom is -0.464 e. The minimum absolute atomic E-state index is 0.172. The van der Waals surface area contributed by atoms with Crippen LogP contribution in [0.3, 0.4) is 0 Å². The van der Waals surface area contributed by atoms with Gasteiger partial charge in [-0.05, 0) is 19.1 Å². The van der Waals surface area contributed by atoms with Crippen LogP contribution in [0, 0.1) is 0 Å². The second kappa shape index (κ2) is 6.67. The van der Waals surface area contributed by atoms with Gasteiger partial charge >= 0.3 is 5.97 Å². The Morgan fingerprint density at radius 2 is 2.19 bits per heavy atom. The van der Waals surface area contributed by atoms with E-state index >= 15 is 0 Å². The molecule has 3 N–H and O–H groups in total. The third kappa shape index (κ3) is 3.46. The highest BCUT2D eigenvalue weighted by Gasteiger charge is 2.24. The summed E-state index contributed by atoms with van der Waals surface area (Å²) >= 11 is 0. The Bertz CT molecular complexity index is 625. The van der Waals surface area contributed by atoms with Crippen molar-refractivity contribution in [2.24, 2.45) is 5.73 Å². The number of nitrogens with one attached hydrogen (secondary N) is 1. The first-order valence-electron chi connectivity index (χ1n) is 6.44. The number of esters is 1. The fourth-order valence-corrected chi connectivity index (χ4v) is 1.76. The number of rotatable bonds is 5. The molecule has 0 radical (unpaired) electrons. The van der Waals surface area contributed by atoms with E-state index in [2.05, 4.69) is 10.3 Å². The van der Waals surface area contributed by atoms with Crippen LogP contribution in [0.25, 0.3) is 5.69 Å². The van der Waals surface area contributed by atoms with Crippen molar-refractivity contribution < 1.29 is 14.3 Å². The highest BCUT2D eigenvalue weighted by molar-refractivity contribution is 6.08. The average molecular weight is 288 g/mol. The molecule has 2 rings (SSSR count). The van der Waals surface area contributed by atoms with E-state index in [1.165, 1.54) is 0 Å². The lowest BCUT2D eigenvalue weighted by Crippen LogP contribution is -2.43. The summed E-state index contributed by atoms with van der Waals surface area (Å²) in [6.07, 6.45) is 4.98. The number of carbonyl (C=O) groups excluding carboxylic acids is 2. The van der Waals surface area contributed by atoms with Gasteiger partial charge in [-0.1, -0.05) is 12.1 Å². The highest BCUT2D eigenvalue weighted by atomic mass is 16.5. The maximum atomic E-state index is 12.0. The third-order valence-electron chi connectivity index (χ3n) is 2.77. The lowest BCUT2D eigenvalue weighted by molar-refractivity contribution is -0.146. The lowest BCUT2D eigenvalue weighted by atomic mass is 10.2. The number of nitrogens with two attached hydrogens (primary N) is 1. The Hall–Kier alpha value is -2.67. The number of amides is 1. The molecule has 110 valence electrons. The summed E-state index contributed by atoms with van der Waals surface area (Å²) in [7, 11) is 0. The van der Waals surface area contributed by atoms with Crippen molar-refractivity contribution >= 4 is 17.6 Å². The van der Waals surface area contributed by atoms with Gasteiger partial charge in [0.25, 0.3) is 5.91 Å². The summed E-state index contributed by atoms with van der Waals surface area (Å²) in [4.78, 5) is 27.4. The SMILES string of the molecule is CCOC(=O)C(N)C(=O)Nc1ccccc1-n1ccnc1. The summed E-state index contributed by atoms with van der Waals surface area (Å²) in [6, 6.07) is 5.77. The van der Waals surface area contributed by atoms with Gasteiger partial charge in [0.1, 0.15) is 0 Å². The Morgan fingerprint density at radius 3 is 2.86 bits per heavy atom. The molecule has 0 bridgehead atoms. The molecule has 21 heavy (non-hydrogen) atoms. The van der Waals surface area contributed by atoms with Crippen molar-refractivity contribution in [3.63, 3.8) is 0 Å². The van der Waals surface area contributed by atoms with Crippen LogP contribution in [0.15, 0.2) is 43.0 Å². The van der Waals surface area contributed by atoms with E-state index in [1.807, 2.05) is 12.1 Å². The smallest absolute Gasteiger partial charge is 0.332 e. The molecule has 2 aromatic rings. The Labute approximate surface area is 121 Å². The standard InChI is InChI=1S/C14H16N4O3/c1-2-21-14(20)12(15)13(19)17-10-5-3-4-6-11(10)18-8-7-16-9-18/h3-9,12H,2,15H2,1H3,(H,17,19). The minimum atomic E-state index is -1.36. The van der Waals surface area contributed by atoms with Crippen LogP contribution < -0.4 is 11.1 Å². The zero-order valence-electron chi connectivity index (χ0n) is 11.5. The maximum absolute atomic E-state index is 12.0. The number of anilines is 1. The molecule has 0 saturated carbocycles. The highest BCUT2D eigenvalue weighted by Crippen LogP contribution is 2.19. The summed E-state index contributed by atoms with van der Waals surface area (Å²) in [5, 5.41) is 2.62. The van der Waals surface area contributed by atoms with E-state index in [0.717, 1.165) is 5.69 Å². The van der Waals surface area contributed by atoms with Gasteiger partial charge in [0, 0.05) is 12.4 Å². The van der Waals surface area contributed by atoms with Gasteiger partial charge in [-0.25, -0.2) is 9.78 Å². The molecule has 1 unspecified atom stereocenters. The normalized spacial score (nSPS) is 11.7. The number of benzene rings is 1. The molecular formula is C14H16N4O3. The van der Waals surface area contributed by atoms with Gasteiger partial charge in [-0.2, -0.15) is 0 Å². The van der Waals surface area contributed by atoms with Gasteiger partial charge in [0.15, 0.2) is 6.04 Å². The second-order valence-corrected chi connectivity index (χ2v) is 4.21. The molecule has 0 spiro atoms. The number of imidazole rings is 1. The predicted molar refractivity (Wildman–Crippen MR) is 76.8 cm³/mol. The first-order chi connectivity index (χ1) is 10.1. The molecule has 0 aliphatic rings. The summed E-state index contributed by atoms with van der Waals surface area (Å²) in [5.41, 5.74) is 6.81. The van der Waals surface area contributed by atoms with E-state index in [-0.39, 0.29) is 6.61 Å². The van der Waals surface area contributed by atoms with Gasteiger partial charge in [0.2, 0.25) is 0 Å². The van der Waals surface area contributed by atoms with Crippen molar-refractivity contribution in [3.8, 4) is 5.69 Å². The number of carbonyl (C=O) groups is 2. The monoisotopic (exact) mass is 288 g/mol. The first-order valence-corrected chi connectivity index (χ1v) is 6.44. The van der Waals surface area contributed by atoms with Crippen molar-refractivity contribution in [2.75, 3.05) is 11.9 Å². The van der Waals surface area contributed by atoms with Crippen LogP contribution in [-0.2, 0) is 14.3 Å². The average Bonchev–Trinajstić information content (AvgIpc) is 3.01. The number of nitrogens with zero attached hydrogens (tertiary/aromatic N) is 2. The van der Waals surface area contributed by atoms with Crippen LogP contribution in [0.2, 0.25) is 0 Å². The number of hydrogen-bond donors (Lipinski definition) is 2. The lowest BCUT2D eigenvalue weighted by Gasteiger charge is -2.14. The molecule has 1 heterocycles. The molecule has 0 fully saturated rings. The molecule has 1 amide bonds. The predicted octanol–water partition coefficient (Wildman–Crippen LogP) is 0.701. The third-order valence-corrected chi connectivity index (χ3v) is 2.77. The number of para-hydroxylation sites is 2. The molecule has 7 heteroatoms. The van der Waals surface area contributed by atoms with Crippen LogP contribution in [0.1, 0.15) is 6.92 Å². The molecule has 0 saturated heterocycles. The maximum Gasteiger partial charge on any atom is 0.332 e. The molecule has 1 atom stereocenters. The largest absolute Gasteiger partial charge is 0.464 e. The number of ether oxygens (including phenoxy) is 1. The molecule has 1 aromatic heterocycles. The van der Waals surface area contributed by atoms with Crippen molar-refractivity contribution in [3.05, 3.63) is 43.0 Å². The van der Waals surface area contributed by atoms with Crippen LogP contribution in [0.4, 0.5) is 5.69 Å². The van der Waals surface area contributed by atoms with Crippen LogP contribution in [0.5, 0.6) is 0 Å². The molecule has 1 aromatic carbocycles. The number of hydrogen-bond acceptors (Lipinski definition) is 5. The number of aromatic nitrogens is 2. The zero-order chi connectivity index (χ0) is 15.2. The van der Waals surface area contributed by atoms with Crippen molar-refractivity contribution in [1.82, 2.24) is 9.55 Å². The fraction of sp³-hybridized carbons (Fsp3) is 0.214. The quantitative estimate of drug-likeness (QED) is 0.623. The van der Waals surface area contributed by atoms with Gasteiger partial charge < -0.3 is 20.4 Å². The topological polar surface area (TPSA) is 99.2 Å². The summed E-state index contributed by atoms with van der Waals surface area (Å²) in [6.45, 7) is 1.82. The Kier molecular flexibility index (Phi) is 4.68. The van der Waals surface area contributed by atoms with Gasteiger partial charge in [-0.15, -0.1) is 0 Å². The van der Waals surface area contributed by atoms with Crippen LogP contribution in [-0.4, -0.2) is 34.1 Å². The van der Waals surface area contributed by atoms with E-state index in [9.17, 15) is 9.59 Å². The summed E-state index contributed by atoms with van der Waals surface area (Å²) in [5.74, 6) is -1.38. The Morgan fingerprint density at radius 1 is 1.43 bits per heavy atom. The summed E-state index contributed by atoms with van der Waals surface area (Å²) < 4.78 is 6.47. The van der Waals surface area contributed by atoms with E-state index in [1.54, 1.807) is 42.3 Å².